The Hall–Kier alpha value is -1.78. The molecule has 0 aliphatic carbocycles. The van der Waals surface area contributed by atoms with Crippen molar-refractivity contribution in [3.63, 3.8) is 0 Å². The number of benzene rings is 1. The molecule has 0 N–H and O–H groups in total. The summed E-state index contributed by atoms with van der Waals surface area (Å²) in [6.07, 6.45) is 0.880. The van der Waals surface area contributed by atoms with Gasteiger partial charge in [0.25, 0.3) is 5.91 Å². The van der Waals surface area contributed by atoms with E-state index in [4.69, 9.17) is 4.74 Å². The van der Waals surface area contributed by atoms with Gasteiger partial charge in [-0.05, 0) is 42.1 Å². The van der Waals surface area contributed by atoms with Gasteiger partial charge >= 0.3 is 0 Å². The summed E-state index contributed by atoms with van der Waals surface area (Å²) in [6.45, 7) is 9.99. The van der Waals surface area contributed by atoms with E-state index >= 15 is 0 Å². The fraction of sp³-hybridized carbons (Fsp3) is 0.522. The number of amides is 1. The van der Waals surface area contributed by atoms with Gasteiger partial charge in [0.15, 0.2) is 0 Å². The van der Waals surface area contributed by atoms with Crippen LogP contribution in [-0.4, -0.2) is 80.9 Å². The first-order valence-corrected chi connectivity index (χ1v) is 13.5. The predicted molar refractivity (Wildman–Crippen MR) is 127 cm³/mol. The lowest BCUT2D eigenvalue weighted by atomic mass is 10.2. The Kier molecular flexibility index (Phi) is 9.24. The number of hydrogen-bond acceptors (Lipinski definition) is 6. The van der Waals surface area contributed by atoms with Crippen molar-refractivity contribution >= 4 is 27.3 Å². The van der Waals surface area contributed by atoms with Crippen molar-refractivity contribution in [2.75, 3.05) is 52.5 Å². The third-order valence-corrected chi connectivity index (χ3v) is 8.59. The molecule has 0 spiro atoms. The molecule has 3 rings (SSSR count). The lowest BCUT2D eigenvalue weighted by Crippen LogP contribution is -2.39. The zero-order chi connectivity index (χ0) is 23.0. The molecule has 2 aromatic rings. The third kappa shape index (κ3) is 6.39. The molecule has 0 bridgehead atoms. The van der Waals surface area contributed by atoms with E-state index < -0.39 is 10.0 Å². The van der Waals surface area contributed by atoms with Gasteiger partial charge in [-0.25, -0.2) is 8.42 Å². The summed E-state index contributed by atoms with van der Waals surface area (Å²) in [7, 11) is -3.54. The van der Waals surface area contributed by atoms with Crippen molar-refractivity contribution < 1.29 is 17.9 Å². The van der Waals surface area contributed by atoms with E-state index in [1.54, 1.807) is 23.5 Å². The molecule has 1 fully saturated rings. The molecular formula is C23H33N3O4S2. The zero-order valence-electron chi connectivity index (χ0n) is 18.9. The van der Waals surface area contributed by atoms with E-state index in [0.717, 1.165) is 44.1 Å². The van der Waals surface area contributed by atoms with Crippen LogP contribution in [0.4, 0.5) is 0 Å². The third-order valence-electron chi connectivity index (χ3n) is 5.66. The summed E-state index contributed by atoms with van der Waals surface area (Å²) in [5.41, 5.74) is 0.506. The second-order valence-corrected chi connectivity index (χ2v) is 10.7. The summed E-state index contributed by atoms with van der Waals surface area (Å²) >= 11 is 1.63. The summed E-state index contributed by atoms with van der Waals surface area (Å²) in [5.74, 6) is -0.0767. The van der Waals surface area contributed by atoms with Gasteiger partial charge in [0.1, 0.15) is 0 Å². The molecule has 0 radical (unpaired) electrons. The van der Waals surface area contributed by atoms with Gasteiger partial charge in [0.05, 0.1) is 24.7 Å². The lowest BCUT2D eigenvalue weighted by Gasteiger charge is -2.28. The summed E-state index contributed by atoms with van der Waals surface area (Å²) in [6, 6.07) is 10.4. The standard InChI is InChI=1S/C23H33N3O4S2/c1-3-26(4-2)32(28,29)22-10-8-20(9-11-22)23(27)25(19-21-7-5-18-31-21)13-6-12-24-14-16-30-17-15-24/h5,7-11,18H,3-4,6,12-17,19H2,1-2H3. The first kappa shape index (κ1) is 24.9. The van der Waals surface area contributed by atoms with Gasteiger partial charge in [0, 0.05) is 49.7 Å². The van der Waals surface area contributed by atoms with E-state index in [2.05, 4.69) is 4.90 Å². The van der Waals surface area contributed by atoms with Crippen molar-refractivity contribution in [1.82, 2.24) is 14.1 Å². The second-order valence-electron chi connectivity index (χ2n) is 7.73. The Bertz CT molecular complexity index is 936. The molecule has 0 atom stereocenters. The Morgan fingerprint density at radius 2 is 1.78 bits per heavy atom. The molecule has 1 amide bonds. The van der Waals surface area contributed by atoms with Gasteiger partial charge < -0.3 is 9.64 Å². The van der Waals surface area contributed by atoms with E-state index in [9.17, 15) is 13.2 Å². The molecule has 1 aromatic carbocycles. The Morgan fingerprint density at radius 3 is 2.38 bits per heavy atom. The molecule has 1 aliphatic heterocycles. The van der Waals surface area contributed by atoms with Crippen LogP contribution in [0.15, 0.2) is 46.7 Å². The van der Waals surface area contributed by atoms with Gasteiger partial charge in [-0.3, -0.25) is 9.69 Å². The second kappa shape index (κ2) is 11.9. The molecule has 32 heavy (non-hydrogen) atoms. The molecule has 7 nitrogen and oxygen atoms in total. The number of hydrogen-bond donors (Lipinski definition) is 0. The maximum atomic E-state index is 13.3. The van der Waals surface area contributed by atoms with E-state index in [-0.39, 0.29) is 10.8 Å². The molecule has 2 heterocycles. The SMILES string of the molecule is CCN(CC)S(=O)(=O)c1ccc(C(=O)N(CCCN2CCOCC2)Cc2cccs2)cc1. The Morgan fingerprint density at radius 1 is 1.09 bits per heavy atom. The fourth-order valence-corrected chi connectivity index (χ4v) is 6.00. The van der Waals surface area contributed by atoms with E-state index in [1.165, 1.54) is 16.4 Å². The number of ether oxygens (including phenoxy) is 1. The first-order chi connectivity index (χ1) is 15.5. The maximum Gasteiger partial charge on any atom is 0.254 e. The highest BCUT2D eigenvalue weighted by Crippen LogP contribution is 2.19. The van der Waals surface area contributed by atoms with Crippen LogP contribution in [0, 0.1) is 0 Å². The van der Waals surface area contributed by atoms with Crippen LogP contribution < -0.4 is 0 Å². The molecule has 0 unspecified atom stereocenters. The van der Waals surface area contributed by atoms with Crippen LogP contribution in [-0.2, 0) is 21.3 Å². The molecule has 176 valence electrons. The number of thiophene rings is 1. The fourth-order valence-electron chi connectivity index (χ4n) is 3.82. The summed E-state index contributed by atoms with van der Waals surface area (Å²) in [5, 5.41) is 2.01. The minimum Gasteiger partial charge on any atom is -0.379 e. The molecule has 1 aromatic heterocycles. The number of carbonyl (C=O) groups excluding carboxylic acids is 1. The van der Waals surface area contributed by atoms with Gasteiger partial charge in [0.2, 0.25) is 10.0 Å². The topological polar surface area (TPSA) is 70.2 Å². The Balaban J connectivity index is 1.70. The number of nitrogens with zero attached hydrogens (tertiary/aromatic N) is 3. The van der Waals surface area contributed by atoms with E-state index in [1.807, 2.05) is 36.3 Å². The summed E-state index contributed by atoms with van der Waals surface area (Å²) < 4.78 is 32.3. The molecule has 0 saturated carbocycles. The monoisotopic (exact) mass is 479 g/mol. The molecule has 1 saturated heterocycles. The van der Waals surface area contributed by atoms with Crippen LogP contribution in [0.1, 0.15) is 35.5 Å². The van der Waals surface area contributed by atoms with Crippen LogP contribution in [0.3, 0.4) is 0 Å². The van der Waals surface area contributed by atoms with Gasteiger partial charge in [-0.15, -0.1) is 11.3 Å². The van der Waals surface area contributed by atoms with Crippen LogP contribution in [0.5, 0.6) is 0 Å². The van der Waals surface area contributed by atoms with Crippen molar-refractivity contribution in [1.29, 1.82) is 0 Å². The number of morpholine rings is 1. The highest BCUT2D eigenvalue weighted by molar-refractivity contribution is 7.89. The van der Waals surface area contributed by atoms with Gasteiger partial charge in [-0.2, -0.15) is 4.31 Å². The van der Waals surface area contributed by atoms with Crippen molar-refractivity contribution in [3.8, 4) is 0 Å². The number of carbonyl (C=O) groups is 1. The largest absolute Gasteiger partial charge is 0.379 e. The minimum absolute atomic E-state index is 0.0767. The molecule has 9 heteroatoms. The highest BCUT2D eigenvalue weighted by atomic mass is 32.2. The van der Waals surface area contributed by atoms with Crippen LogP contribution in [0.25, 0.3) is 0 Å². The quantitative estimate of drug-likeness (QED) is 0.495. The van der Waals surface area contributed by atoms with Crippen LogP contribution in [0.2, 0.25) is 0 Å². The normalized spacial score (nSPS) is 15.2. The minimum atomic E-state index is -3.54. The zero-order valence-corrected chi connectivity index (χ0v) is 20.5. The predicted octanol–water partition coefficient (Wildman–Crippen LogP) is 3.14. The van der Waals surface area contributed by atoms with Gasteiger partial charge in [-0.1, -0.05) is 19.9 Å². The molecular weight excluding hydrogens is 446 g/mol. The highest BCUT2D eigenvalue weighted by Gasteiger charge is 2.23. The number of sulfonamides is 1. The average Bonchev–Trinajstić information content (AvgIpc) is 3.32. The lowest BCUT2D eigenvalue weighted by molar-refractivity contribution is 0.0356. The summed E-state index contributed by atoms with van der Waals surface area (Å²) in [4.78, 5) is 18.9. The maximum absolute atomic E-state index is 13.3. The Labute approximate surface area is 195 Å². The van der Waals surface area contributed by atoms with E-state index in [0.29, 0.717) is 31.7 Å². The van der Waals surface area contributed by atoms with Crippen LogP contribution >= 0.6 is 11.3 Å². The number of rotatable bonds is 11. The molecule has 1 aliphatic rings. The first-order valence-electron chi connectivity index (χ1n) is 11.2. The van der Waals surface area contributed by atoms with Crippen molar-refractivity contribution in [3.05, 3.63) is 52.2 Å². The average molecular weight is 480 g/mol. The van der Waals surface area contributed by atoms with Crippen molar-refractivity contribution in [2.24, 2.45) is 0 Å². The smallest absolute Gasteiger partial charge is 0.254 e. The van der Waals surface area contributed by atoms with Crippen molar-refractivity contribution in [2.45, 2.75) is 31.7 Å².